The Kier molecular flexibility index (Phi) is 4.46. The highest BCUT2D eigenvalue weighted by atomic mass is 32.2. The summed E-state index contributed by atoms with van der Waals surface area (Å²) in [6, 6.07) is 10.4. The minimum Gasteiger partial charge on any atom is -0.276 e. The number of thiazole rings is 1. The summed E-state index contributed by atoms with van der Waals surface area (Å²) in [7, 11) is 0. The lowest BCUT2D eigenvalue weighted by molar-refractivity contribution is 0.877. The molecular weight excluding hydrogens is 356 g/mol. The first-order valence-corrected chi connectivity index (χ1v) is 10.2. The van der Waals surface area contributed by atoms with Gasteiger partial charge in [-0.25, -0.2) is 4.98 Å². The highest BCUT2D eigenvalue weighted by molar-refractivity contribution is 7.98. The summed E-state index contributed by atoms with van der Waals surface area (Å²) in [6.45, 7) is 2.09. The molecule has 0 unspecified atom stereocenters. The van der Waals surface area contributed by atoms with Gasteiger partial charge in [0.1, 0.15) is 11.3 Å². The van der Waals surface area contributed by atoms with E-state index in [9.17, 15) is 0 Å². The van der Waals surface area contributed by atoms with Crippen molar-refractivity contribution in [1.82, 2.24) is 19.7 Å². The van der Waals surface area contributed by atoms with Crippen molar-refractivity contribution in [1.29, 1.82) is 0 Å². The van der Waals surface area contributed by atoms with Crippen LogP contribution in [0, 0.1) is 6.92 Å². The molecule has 24 heavy (non-hydrogen) atoms. The molecule has 3 aromatic heterocycles. The molecule has 0 aliphatic heterocycles. The molecule has 0 bridgehead atoms. The van der Waals surface area contributed by atoms with E-state index in [2.05, 4.69) is 51.5 Å². The average Bonchev–Trinajstić information content (AvgIpc) is 3.34. The van der Waals surface area contributed by atoms with Gasteiger partial charge in [-0.3, -0.25) is 4.57 Å². The fraction of sp³-hybridized carbons (Fsp3) is 0.118. The molecule has 120 valence electrons. The maximum Gasteiger partial charge on any atom is 0.196 e. The Morgan fingerprint density at radius 2 is 2.08 bits per heavy atom. The van der Waals surface area contributed by atoms with Gasteiger partial charge in [-0.15, -0.1) is 21.5 Å². The lowest BCUT2D eigenvalue weighted by Gasteiger charge is -2.08. The molecule has 0 spiro atoms. The van der Waals surface area contributed by atoms with Crippen LogP contribution in [0.2, 0.25) is 0 Å². The van der Waals surface area contributed by atoms with Crippen LogP contribution in [0.4, 0.5) is 0 Å². The van der Waals surface area contributed by atoms with Crippen molar-refractivity contribution in [2.24, 2.45) is 0 Å². The van der Waals surface area contributed by atoms with E-state index in [-0.39, 0.29) is 0 Å². The second-order valence-corrected chi connectivity index (χ2v) is 7.80. The van der Waals surface area contributed by atoms with Gasteiger partial charge in [0.05, 0.1) is 11.4 Å². The van der Waals surface area contributed by atoms with Gasteiger partial charge in [-0.05, 0) is 30.0 Å². The summed E-state index contributed by atoms with van der Waals surface area (Å²) in [5, 5.41) is 16.6. The highest BCUT2D eigenvalue weighted by Gasteiger charge is 2.11. The second kappa shape index (κ2) is 6.88. The molecule has 0 N–H and O–H groups in total. The number of thioether (sulfide) groups is 1. The summed E-state index contributed by atoms with van der Waals surface area (Å²) >= 11 is 5.04. The van der Waals surface area contributed by atoms with Crippen molar-refractivity contribution in [2.45, 2.75) is 17.8 Å². The Hall–Kier alpha value is -1.96. The molecule has 4 aromatic rings. The van der Waals surface area contributed by atoms with Crippen LogP contribution in [0.1, 0.15) is 11.3 Å². The van der Waals surface area contributed by atoms with Gasteiger partial charge < -0.3 is 0 Å². The molecular formula is C17H14N4S3. The quantitative estimate of drug-likeness (QED) is 0.461. The van der Waals surface area contributed by atoms with E-state index in [1.165, 1.54) is 11.1 Å². The fourth-order valence-electron chi connectivity index (χ4n) is 2.35. The van der Waals surface area contributed by atoms with Crippen LogP contribution in [-0.4, -0.2) is 19.7 Å². The molecule has 7 heteroatoms. The van der Waals surface area contributed by atoms with Crippen LogP contribution >= 0.6 is 34.4 Å². The van der Waals surface area contributed by atoms with Gasteiger partial charge in [0, 0.05) is 22.1 Å². The minimum atomic E-state index is 0.783. The van der Waals surface area contributed by atoms with Crippen molar-refractivity contribution in [3.63, 3.8) is 0 Å². The molecule has 3 heterocycles. The van der Waals surface area contributed by atoms with Gasteiger partial charge >= 0.3 is 0 Å². The third kappa shape index (κ3) is 3.15. The van der Waals surface area contributed by atoms with E-state index in [1.807, 2.05) is 16.7 Å². The lowest BCUT2D eigenvalue weighted by Crippen LogP contribution is -1.97. The number of benzene rings is 1. The molecule has 4 nitrogen and oxygen atoms in total. The normalized spacial score (nSPS) is 11.0. The van der Waals surface area contributed by atoms with Crippen LogP contribution < -0.4 is 0 Å². The van der Waals surface area contributed by atoms with E-state index >= 15 is 0 Å². The Labute approximate surface area is 152 Å². The van der Waals surface area contributed by atoms with E-state index in [0.717, 1.165) is 27.3 Å². The predicted molar refractivity (Wildman–Crippen MR) is 101 cm³/mol. The molecule has 0 aliphatic carbocycles. The Balaban J connectivity index is 1.52. The van der Waals surface area contributed by atoms with Crippen LogP contribution in [0.15, 0.2) is 58.0 Å². The SMILES string of the molecule is Cc1ccccc1-n1cnnc1SCc1csc(-c2ccsc2)n1. The number of thiophene rings is 1. The highest BCUT2D eigenvalue weighted by Crippen LogP contribution is 2.29. The Morgan fingerprint density at radius 1 is 1.17 bits per heavy atom. The summed E-state index contributed by atoms with van der Waals surface area (Å²) in [5.74, 6) is 0.783. The molecule has 4 rings (SSSR count). The monoisotopic (exact) mass is 370 g/mol. The third-order valence-corrected chi connectivity index (χ3v) is 6.16. The van der Waals surface area contributed by atoms with Gasteiger partial charge in [0.2, 0.25) is 0 Å². The number of hydrogen-bond acceptors (Lipinski definition) is 6. The molecule has 0 amide bonds. The summed E-state index contributed by atoms with van der Waals surface area (Å²) in [5.41, 5.74) is 4.59. The maximum atomic E-state index is 4.72. The Bertz CT molecular complexity index is 940. The zero-order chi connectivity index (χ0) is 16.4. The first kappa shape index (κ1) is 15.6. The number of aromatic nitrogens is 4. The molecule has 0 atom stereocenters. The van der Waals surface area contributed by atoms with Crippen LogP contribution in [-0.2, 0) is 5.75 Å². The number of nitrogens with zero attached hydrogens (tertiary/aromatic N) is 4. The largest absolute Gasteiger partial charge is 0.276 e. The minimum absolute atomic E-state index is 0.783. The second-order valence-electron chi connectivity index (χ2n) is 5.21. The molecule has 1 aromatic carbocycles. The van der Waals surface area contributed by atoms with E-state index < -0.39 is 0 Å². The lowest BCUT2D eigenvalue weighted by atomic mass is 10.2. The smallest absolute Gasteiger partial charge is 0.196 e. The van der Waals surface area contributed by atoms with Crippen molar-refractivity contribution in [2.75, 3.05) is 0 Å². The molecule has 0 radical (unpaired) electrons. The number of aryl methyl sites for hydroxylation is 1. The van der Waals surface area contributed by atoms with Crippen molar-refractivity contribution >= 4 is 34.4 Å². The predicted octanol–water partition coefficient (Wildman–Crippen LogP) is 5.05. The summed E-state index contributed by atoms with van der Waals surface area (Å²) < 4.78 is 2.03. The van der Waals surface area contributed by atoms with Crippen LogP contribution in [0.5, 0.6) is 0 Å². The maximum absolute atomic E-state index is 4.72. The number of rotatable bonds is 5. The van der Waals surface area contributed by atoms with Gasteiger partial charge in [0.25, 0.3) is 0 Å². The fourth-order valence-corrected chi connectivity index (χ4v) is 4.80. The van der Waals surface area contributed by atoms with Crippen molar-refractivity contribution < 1.29 is 0 Å². The average molecular weight is 371 g/mol. The van der Waals surface area contributed by atoms with E-state index in [1.54, 1.807) is 40.8 Å². The van der Waals surface area contributed by atoms with Crippen LogP contribution in [0.3, 0.4) is 0 Å². The van der Waals surface area contributed by atoms with Crippen molar-refractivity contribution in [3.05, 3.63) is 64.1 Å². The number of hydrogen-bond donors (Lipinski definition) is 0. The van der Waals surface area contributed by atoms with Gasteiger partial charge in [-0.1, -0.05) is 30.0 Å². The summed E-state index contributed by atoms with van der Waals surface area (Å²) in [6.07, 6.45) is 1.77. The first-order chi connectivity index (χ1) is 11.8. The zero-order valence-corrected chi connectivity index (χ0v) is 15.4. The standard InChI is InChI=1S/C17H14N4S3/c1-12-4-2-3-5-15(12)21-11-18-20-17(21)24-10-14-9-23-16(19-14)13-6-7-22-8-13/h2-9,11H,10H2,1H3. The molecule has 0 fully saturated rings. The molecule has 0 saturated carbocycles. The number of para-hydroxylation sites is 1. The molecule has 0 aliphatic rings. The molecule has 0 saturated heterocycles. The zero-order valence-electron chi connectivity index (χ0n) is 12.9. The van der Waals surface area contributed by atoms with E-state index in [4.69, 9.17) is 4.98 Å². The first-order valence-electron chi connectivity index (χ1n) is 7.37. The van der Waals surface area contributed by atoms with Gasteiger partial charge in [0.15, 0.2) is 5.16 Å². The van der Waals surface area contributed by atoms with E-state index in [0.29, 0.717) is 0 Å². The Morgan fingerprint density at radius 3 is 2.92 bits per heavy atom. The third-order valence-electron chi connectivity index (χ3n) is 3.56. The van der Waals surface area contributed by atoms with Crippen LogP contribution in [0.25, 0.3) is 16.3 Å². The summed E-state index contributed by atoms with van der Waals surface area (Å²) in [4.78, 5) is 4.72. The van der Waals surface area contributed by atoms with Gasteiger partial charge in [-0.2, -0.15) is 11.3 Å². The van der Waals surface area contributed by atoms with Crippen molar-refractivity contribution in [3.8, 4) is 16.3 Å². The topological polar surface area (TPSA) is 43.6 Å².